The molecule has 2 aliphatic carbocycles. The lowest BCUT2D eigenvalue weighted by molar-refractivity contribution is 0.491. The van der Waals surface area contributed by atoms with Crippen molar-refractivity contribution in [2.75, 3.05) is 0 Å². The van der Waals surface area contributed by atoms with Crippen LogP contribution in [0.5, 0.6) is 0 Å². The Labute approximate surface area is 194 Å². The molecule has 2 aliphatic rings. The van der Waals surface area contributed by atoms with Crippen molar-refractivity contribution in [3.8, 4) is 16.9 Å². The first kappa shape index (κ1) is 18.6. The highest BCUT2D eigenvalue weighted by atomic mass is 15.3. The van der Waals surface area contributed by atoms with Gasteiger partial charge in [0.1, 0.15) is 0 Å². The molecule has 5 aromatic rings. The highest BCUT2D eigenvalue weighted by molar-refractivity contribution is 5.74. The Morgan fingerprint density at radius 2 is 1.33 bits per heavy atom. The van der Waals surface area contributed by atoms with Crippen LogP contribution in [0.25, 0.3) is 16.9 Å². The fraction of sp³-hybridized carbons (Fsp3) is 0.129. The van der Waals surface area contributed by atoms with Gasteiger partial charge in [0.05, 0.1) is 11.4 Å². The second kappa shape index (κ2) is 7.05. The minimum atomic E-state index is -0.186. The maximum absolute atomic E-state index is 5.31. The van der Waals surface area contributed by atoms with Crippen LogP contribution in [-0.4, -0.2) is 9.78 Å². The number of hydrogen-bond acceptors (Lipinski definition) is 1. The lowest BCUT2D eigenvalue weighted by Gasteiger charge is -2.36. The molecule has 4 aromatic carbocycles. The van der Waals surface area contributed by atoms with Crippen molar-refractivity contribution in [3.63, 3.8) is 0 Å². The van der Waals surface area contributed by atoms with E-state index in [-0.39, 0.29) is 5.41 Å². The highest BCUT2D eigenvalue weighted by Gasteiger charge is 2.53. The Morgan fingerprint density at radius 1 is 0.697 bits per heavy atom. The summed E-state index contributed by atoms with van der Waals surface area (Å²) < 4.78 is 2.22. The zero-order valence-corrected chi connectivity index (χ0v) is 18.4. The van der Waals surface area contributed by atoms with Gasteiger partial charge in [0.15, 0.2) is 0 Å². The number of para-hydroxylation sites is 1. The second-order valence-corrected chi connectivity index (χ2v) is 9.25. The predicted molar refractivity (Wildman–Crippen MR) is 133 cm³/mol. The average molecular weight is 425 g/mol. The van der Waals surface area contributed by atoms with Crippen LogP contribution < -0.4 is 0 Å². The molecule has 158 valence electrons. The van der Waals surface area contributed by atoms with Crippen LogP contribution in [-0.2, 0) is 11.8 Å². The average Bonchev–Trinajstić information content (AvgIpc) is 3.41. The Bertz CT molecular complexity index is 1450. The molecule has 0 aliphatic heterocycles. The van der Waals surface area contributed by atoms with E-state index in [1.54, 1.807) is 0 Å². The van der Waals surface area contributed by atoms with Gasteiger partial charge in [-0.3, -0.25) is 0 Å². The Morgan fingerprint density at radius 3 is 2.09 bits per heavy atom. The molecule has 0 amide bonds. The molecule has 1 aromatic heterocycles. The molecular formula is C31H24N2. The van der Waals surface area contributed by atoms with Gasteiger partial charge in [0.2, 0.25) is 0 Å². The zero-order chi connectivity index (χ0) is 21.8. The third-order valence-corrected chi connectivity index (χ3v) is 7.58. The van der Waals surface area contributed by atoms with Gasteiger partial charge >= 0.3 is 0 Å². The fourth-order valence-corrected chi connectivity index (χ4v) is 6.29. The molecule has 2 nitrogen and oxygen atoms in total. The first-order chi connectivity index (χ1) is 16.4. The molecule has 0 saturated carbocycles. The third kappa shape index (κ3) is 2.58. The summed E-state index contributed by atoms with van der Waals surface area (Å²) in [5.74, 6) is 0.497. The van der Waals surface area contributed by atoms with Crippen molar-refractivity contribution >= 4 is 0 Å². The minimum Gasteiger partial charge on any atom is -0.237 e. The van der Waals surface area contributed by atoms with Crippen molar-refractivity contribution in [3.05, 3.63) is 143 Å². The Balaban J connectivity index is 1.62. The van der Waals surface area contributed by atoms with Gasteiger partial charge < -0.3 is 0 Å². The summed E-state index contributed by atoms with van der Waals surface area (Å²) in [6, 6.07) is 41.5. The van der Waals surface area contributed by atoms with Gasteiger partial charge in [-0.15, -0.1) is 0 Å². The van der Waals surface area contributed by atoms with Gasteiger partial charge in [-0.1, -0.05) is 103 Å². The standard InChI is InChI=1S/C31H24N2/c1-4-12-22(13-5-1)30-29-28(33(32-30)25-16-8-3-9-17-25)20-23-21-31(29,24-14-6-2-7-15-24)27-19-11-10-18-26(23)27/h1-19,23H,20-21H2/t23-,31-/m1/s1. The fourth-order valence-electron chi connectivity index (χ4n) is 6.29. The summed E-state index contributed by atoms with van der Waals surface area (Å²) in [4.78, 5) is 0. The maximum Gasteiger partial charge on any atom is 0.0975 e. The van der Waals surface area contributed by atoms with Crippen molar-refractivity contribution < 1.29 is 0 Å². The summed E-state index contributed by atoms with van der Waals surface area (Å²) in [7, 11) is 0. The number of aromatic nitrogens is 2. The molecule has 1 heterocycles. The largest absolute Gasteiger partial charge is 0.237 e. The molecule has 0 spiro atoms. The molecule has 2 bridgehead atoms. The molecule has 0 fully saturated rings. The van der Waals surface area contributed by atoms with Crippen LogP contribution in [0.1, 0.15) is 40.3 Å². The maximum atomic E-state index is 5.31. The van der Waals surface area contributed by atoms with E-state index < -0.39 is 0 Å². The zero-order valence-electron chi connectivity index (χ0n) is 18.4. The summed E-state index contributed by atoms with van der Waals surface area (Å²) >= 11 is 0. The summed E-state index contributed by atoms with van der Waals surface area (Å²) in [6.07, 6.45) is 2.11. The molecule has 0 saturated heterocycles. The smallest absolute Gasteiger partial charge is 0.0975 e. The van der Waals surface area contributed by atoms with E-state index in [9.17, 15) is 0 Å². The number of fused-ring (bicyclic) bond motifs is 7. The summed E-state index contributed by atoms with van der Waals surface area (Å²) in [6.45, 7) is 0. The van der Waals surface area contributed by atoms with Crippen molar-refractivity contribution in [2.45, 2.75) is 24.2 Å². The SMILES string of the molecule is c1ccc(-c2nn(-c3ccccc3)c3c2[C@@]2(c4ccccc4)C[C@@H](C3)c3ccccc32)cc1. The summed E-state index contributed by atoms with van der Waals surface area (Å²) in [5.41, 5.74) is 10.3. The molecule has 2 heteroatoms. The predicted octanol–water partition coefficient (Wildman–Crippen LogP) is 6.92. The Kier molecular flexibility index (Phi) is 3.98. The van der Waals surface area contributed by atoms with E-state index in [2.05, 4.69) is 120 Å². The molecule has 0 radical (unpaired) electrons. The lowest BCUT2D eigenvalue weighted by Crippen LogP contribution is -2.31. The topological polar surface area (TPSA) is 17.8 Å². The van der Waals surface area contributed by atoms with Crippen LogP contribution in [0.2, 0.25) is 0 Å². The molecule has 2 atom stereocenters. The molecule has 0 unspecified atom stereocenters. The van der Waals surface area contributed by atoms with Crippen LogP contribution in [0.15, 0.2) is 115 Å². The first-order valence-corrected chi connectivity index (χ1v) is 11.7. The van der Waals surface area contributed by atoms with E-state index in [0.29, 0.717) is 5.92 Å². The van der Waals surface area contributed by atoms with Crippen molar-refractivity contribution in [1.82, 2.24) is 9.78 Å². The number of rotatable bonds is 3. The third-order valence-electron chi connectivity index (χ3n) is 7.58. The quantitative estimate of drug-likeness (QED) is 0.307. The minimum absolute atomic E-state index is 0.186. The van der Waals surface area contributed by atoms with Crippen LogP contribution >= 0.6 is 0 Å². The second-order valence-electron chi connectivity index (χ2n) is 9.25. The van der Waals surface area contributed by atoms with E-state index in [4.69, 9.17) is 5.10 Å². The van der Waals surface area contributed by atoms with E-state index in [0.717, 1.165) is 24.2 Å². The highest BCUT2D eigenvalue weighted by Crippen LogP contribution is 2.60. The normalized spacial score (nSPS) is 20.3. The monoisotopic (exact) mass is 424 g/mol. The van der Waals surface area contributed by atoms with Gasteiger partial charge in [0, 0.05) is 22.2 Å². The van der Waals surface area contributed by atoms with E-state index in [1.165, 1.54) is 33.5 Å². The number of nitrogens with zero attached hydrogens (tertiary/aromatic N) is 2. The van der Waals surface area contributed by atoms with Gasteiger partial charge in [-0.05, 0) is 47.6 Å². The first-order valence-electron chi connectivity index (χ1n) is 11.7. The number of hydrogen-bond donors (Lipinski definition) is 0. The van der Waals surface area contributed by atoms with E-state index >= 15 is 0 Å². The number of benzene rings is 4. The van der Waals surface area contributed by atoms with Crippen molar-refractivity contribution in [2.24, 2.45) is 0 Å². The van der Waals surface area contributed by atoms with Crippen molar-refractivity contribution in [1.29, 1.82) is 0 Å². The van der Waals surface area contributed by atoms with Crippen LogP contribution in [0.4, 0.5) is 0 Å². The van der Waals surface area contributed by atoms with Gasteiger partial charge in [-0.25, -0.2) is 4.68 Å². The molecule has 33 heavy (non-hydrogen) atoms. The Hall–Kier alpha value is -3.91. The molecular weight excluding hydrogens is 400 g/mol. The van der Waals surface area contributed by atoms with Gasteiger partial charge in [0.25, 0.3) is 0 Å². The van der Waals surface area contributed by atoms with E-state index in [1.807, 2.05) is 0 Å². The summed E-state index contributed by atoms with van der Waals surface area (Å²) in [5, 5.41) is 5.31. The molecule has 7 rings (SSSR count). The van der Waals surface area contributed by atoms with Crippen LogP contribution in [0, 0.1) is 0 Å². The molecule has 0 N–H and O–H groups in total. The lowest BCUT2D eigenvalue weighted by atomic mass is 9.65. The van der Waals surface area contributed by atoms with Crippen LogP contribution in [0.3, 0.4) is 0 Å². The van der Waals surface area contributed by atoms with Gasteiger partial charge in [-0.2, -0.15) is 5.10 Å².